The fourth-order valence-electron chi connectivity index (χ4n) is 1.73. The Hall–Kier alpha value is -0.730. The summed E-state index contributed by atoms with van der Waals surface area (Å²) in [5.74, 6) is 1.12. The van der Waals surface area contributed by atoms with Gasteiger partial charge in [-0.05, 0) is 30.5 Å². The molecule has 0 fully saturated rings. The van der Waals surface area contributed by atoms with Gasteiger partial charge in [0, 0.05) is 10.6 Å². The lowest BCUT2D eigenvalue weighted by Crippen LogP contribution is -2.01. The van der Waals surface area contributed by atoms with Crippen molar-refractivity contribution < 1.29 is 5.11 Å². The third-order valence-corrected chi connectivity index (χ3v) is 3.38. The van der Waals surface area contributed by atoms with Crippen molar-refractivity contribution in [1.29, 1.82) is 0 Å². The first kappa shape index (κ1) is 9.81. The van der Waals surface area contributed by atoms with Crippen molar-refractivity contribution in [3.8, 4) is 0 Å². The van der Waals surface area contributed by atoms with Crippen LogP contribution in [-0.4, -0.2) is 17.0 Å². The van der Waals surface area contributed by atoms with Crippen LogP contribution in [0.5, 0.6) is 0 Å². The van der Waals surface area contributed by atoms with Gasteiger partial charge >= 0.3 is 0 Å². The number of benzene rings is 1. The summed E-state index contributed by atoms with van der Waals surface area (Å²) in [5, 5.41) is 9.35. The fourth-order valence-corrected chi connectivity index (χ4v) is 2.80. The second-order valence-corrected chi connectivity index (χ2v) is 4.66. The molecular weight excluding hydrogens is 192 g/mol. The summed E-state index contributed by atoms with van der Waals surface area (Å²) < 4.78 is 0. The lowest BCUT2D eigenvalue weighted by Gasteiger charge is -2.18. The molecule has 0 spiro atoms. The summed E-state index contributed by atoms with van der Waals surface area (Å²) in [5.41, 5.74) is 2.58. The zero-order valence-corrected chi connectivity index (χ0v) is 9.05. The number of thioether (sulfide) groups is 1. The maximum absolute atomic E-state index is 9.35. The van der Waals surface area contributed by atoms with E-state index in [2.05, 4.69) is 24.3 Å². The minimum Gasteiger partial charge on any atom is -0.389 e. The van der Waals surface area contributed by atoms with E-state index in [1.807, 2.05) is 17.8 Å². The highest BCUT2D eigenvalue weighted by atomic mass is 32.2. The maximum Gasteiger partial charge on any atom is 0.0698 e. The van der Waals surface area contributed by atoms with Gasteiger partial charge in [-0.15, -0.1) is 11.8 Å². The van der Waals surface area contributed by atoms with Crippen LogP contribution in [0.1, 0.15) is 18.9 Å². The van der Waals surface area contributed by atoms with E-state index < -0.39 is 0 Å². The zero-order chi connectivity index (χ0) is 9.97. The van der Waals surface area contributed by atoms with Crippen LogP contribution in [0.15, 0.2) is 35.2 Å². The third-order valence-electron chi connectivity index (χ3n) is 2.30. The molecule has 2 heteroatoms. The van der Waals surface area contributed by atoms with Crippen LogP contribution in [0, 0.1) is 0 Å². The molecular formula is C12H14OS. The Balaban J connectivity index is 2.40. The van der Waals surface area contributed by atoms with E-state index in [4.69, 9.17) is 0 Å². The highest BCUT2D eigenvalue weighted by Gasteiger charge is 2.13. The van der Waals surface area contributed by atoms with Gasteiger partial charge in [0.2, 0.25) is 0 Å². The number of hydrogen-bond donors (Lipinski definition) is 1. The van der Waals surface area contributed by atoms with Gasteiger partial charge in [-0.1, -0.05) is 24.3 Å². The Morgan fingerprint density at radius 1 is 1.43 bits per heavy atom. The van der Waals surface area contributed by atoms with Crippen molar-refractivity contribution in [2.75, 3.05) is 5.75 Å². The molecule has 1 heterocycles. The van der Waals surface area contributed by atoms with E-state index >= 15 is 0 Å². The van der Waals surface area contributed by atoms with Crippen LogP contribution >= 0.6 is 11.8 Å². The summed E-state index contributed by atoms with van der Waals surface area (Å²) in [4.78, 5) is 1.34. The van der Waals surface area contributed by atoms with Crippen LogP contribution in [0.3, 0.4) is 0 Å². The number of aliphatic hydroxyl groups excluding tert-OH is 1. The Bertz CT molecular complexity index is 355. The number of aliphatic hydroxyl groups is 1. The molecule has 1 aromatic carbocycles. The molecule has 0 radical (unpaired) electrons. The van der Waals surface area contributed by atoms with Crippen LogP contribution in [0.2, 0.25) is 0 Å². The highest BCUT2D eigenvalue weighted by Crippen LogP contribution is 2.36. The summed E-state index contributed by atoms with van der Waals surface area (Å²) in [6.07, 6.45) is 2.67. The van der Waals surface area contributed by atoms with E-state index in [-0.39, 0.29) is 6.10 Å². The SMILES string of the molecule is CC(O)/C=C1/CCSc2ccccc21. The first-order chi connectivity index (χ1) is 6.77. The quantitative estimate of drug-likeness (QED) is 0.762. The van der Waals surface area contributed by atoms with E-state index in [1.165, 1.54) is 16.0 Å². The number of allylic oxidation sites excluding steroid dienone is 1. The molecule has 0 saturated carbocycles. The van der Waals surface area contributed by atoms with Gasteiger partial charge in [-0.3, -0.25) is 0 Å². The predicted molar refractivity (Wildman–Crippen MR) is 61.4 cm³/mol. The molecule has 1 N–H and O–H groups in total. The first-order valence-corrected chi connectivity index (χ1v) is 5.87. The van der Waals surface area contributed by atoms with E-state index in [9.17, 15) is 5.11 Å². The van der Waals surface area contributed by atoms with E-state index in [0.29, 0.717) is 0 Å². The van der Waals surface area contributed by atoms with Crippen molar-refractivity contribution in [3.05, 3.63) is 35.9 Å². The second-order valence-electron chi connectivity index (χ2n) is 3.53. The summed E-state index contributed by atoms with van der Waals surface area (Å²) in [6, 6.07) is 8.41. The number of hydrogen-bond acceptors (Lipinski definition) is 2. The van der Waals surface area contributed by atoms with Crippen LogP contribution in [0.4, 0.5) is 0 Å². The lowest BCUT2D eigenvalue weighted by atomic mass is 10.0. The topological polar surface area (TPSA) is 20.2 Å². The van der Waals surface area contributed by atoms with Crippen molar-refractivity contribution in [3.63, 3.8) is 0 Å². The van der Waals surface area contributed by atoms with Crippen molar-refractivity contribution >= 4 is 17.3 Å². The molecule has 1 atom stereocenters. The summed E-state index contributed by atoms with van der Waals surface area (Å²) in [6.45, 7) is 1.80. The molecule has 0 bridgehead atoms. The average molecular weight is 206 g/mol. The molecule has 0 aromatic heterocycles. The van der Waals surface area contributed by atoms with Crippen LogP contribution < -0.4 is 0 Å². The smallest absolute Gasteiger partial charge is 0.0698 e. The Morgan fingerprint density at radius 2 is 2.21 bits per heavy atom. The van der Waals surface area contributed by atoms with Gasteiger partial charge in [0.05, 0.1) is 6.10 Å². The Labute approximate surface area is 88.8 Å². The number of rotatable bonds is 1. The fraction of sp³-hybridized carbons (Fsp3) is 0.333. The first-order valence-electron chi connectivity index (χ1n) is 4.88. The van der Waals surface area contributed by atoms with Crippen molar-refractivity contribution in [1.82, 2.24) is 0 Å². The number of fused-ring (bicyclic) bond motifs is 1. The molecule has 0 saturated heterocycles. The van der Waals surface area contributed by atoms with Crippen molar-refractivity contribution in [2.24, 2.45) is 0 Å². The monoisotopic (exact) mass is 206 g/mol. The van der Waals surface area contributed by atoms with Gasteiger partial charge < -0.3 is 5.11 Å². The predicted octanol–water partition coefficient (Wildman–Crippen LogP) is 2.95. The Kier molecular flexibility index (Phi) is 2.94. The molecule has 1 unspecified atom stereocenters. The second kappa shape index (κ2) is 4.20. The molecule has 74 valence electrons. The summed E-state index contributed by atoms with van der Waals surface area (Å²) in [7, 11) is 0. The summed E-state index contributed by atoms with van der Waals surface area (Å²) >= 11 is 1.90. The Morgan fingerprint density at radius 3 is 3.00 bits per heavy atom. The average Bonchev–Trinajstić information content (AvgIpc) is 2.18. The standard InChI is InChI=1S/C12H14OS/c1-9(13)8-10-6-7-14-12-5-3-2-4-11(10)12/h2-5,8-9,13H,6-7H2,1H3/b10-8-. The maximum atomic E-state index is 9.35. The molecule has 1 aliphatic heterocycles. The van der Waals surface area contributed by atoms with Crippen molar-refractivity contribution in [2.45, 2.75) is 24.3 Å². The van der Waals surface area contributed by atoms with Crippen LogP contribution in [0.25, 0.3) is 5.57 Å². The third kappa shape index (κ3) is 2.02. The lowest BCUT2D eigenvalue weighted by molar-refractivity contribution is 0.244. The molecule has 1 aromatic rings. The molecule has 14 heavy (non-hydrogen) atoms. The van der Waals surface area contributed by atoms with Crippen LogP contribution in [-0.2, 0) is 0 Å². The molecule has 0 amide bonds. The normalized spacial score (nSPS) is 20.6. The van der Waals surface area contributed by atoms with Gasteiger partial charge in [0.1, 0.15) is 0 Å². The largest absolute Gasteiger partial charge is 0.389 e. The van der Waals surface area contributed by atoms with Gasteiger partial charge in [-0.25, -0.2) is 0 Å². The highest BCUT2D eigenvalue weighted by molar-refractivity contribution is 7.99. The molecule has 1 aliphatic rings. The molecule has 0 aliphatic carbocycles. The minimum atomic E-state index is -0.346. The molecule has 2 rings (SSSR count). The van der Waals surface area contributed by atoms with Gasteiger partial charge in [0.25, 0.3) is 0 Å². The minimum absolute atomic E-state index is 0.346. The van der Waals surface area contributed by atoms with E-state index in [0.717, 1.165) is 12.2 Å². The van der Waals surface area contributed by atoms with E-state index in [1.54, 1.807) is 6.92 Å². The van der Waals surface area contributed by atoms with Gasteiger partial charge in [-0.2, -0.15) is 0 Å². The van der Waals surface area contributed by atoms with Gasteiger partial charge in [0.15, 0.2) is 0 Å². The zero-order valence-electron chi connectivity index (χ0n) is 8.23. The molecule has 1 nitrogen and oxygen atoms in total.